The van der Waals surface area contributed by atoms with E-state index in [0.717, 1.165) is 28.4 Å². The monoisotopic (exact) mass is 293 g/mol. The van der Waals surface area contributed by atoms with Crippen molar-refractivity contribution in [2.75, 3.05) is 19.5 Å². The van der Waals surface area contributed by atoms with Crippen LogP contribution in [-0.4, -0.2) is 24.6 Å². The zero-order valence-corrected chi connectivity index (χ0v) is 11.8. The normalized spacial score (nSPS) is 16.6. The van der Waals surface area contributed by atoms with E-state index in [0.29, 0.717) is 6.61 Å². The summed E-state index contributed by atoms with van der Waals surface area (Å²) >= 11 is 1.55. The highest BCUT2D eigenvalue weighted by Gasteiger charge is 2.28. The molecular weight excluding hydrogens is 278 g/mol. The molecule has 0 spiro atoms. The first-order valence-corrected chi connectivity index (χ1v) is 7.10. The van der Waals surface area contributed by atoms with E-state index in [1.54, 1.807) is 24.3 Å². The van der Waals surface area contributed by atoms with Gasteiger partial charge in [-0.05, 0) is 28.6 Å². The molecule has 20 heavy (non-hydrogen) atoms. The molecule has 0 saturated heterocycles. The number of aliphatic hydroxyl groups excluding tert-OH is 1. The Kier molecular flexibility index (Phi) is 5.17. The van der Waals surface area contributed by atoms with E-state index in [9.17, 15) is 5.11 Å². The first-order valence-electron chi connectivity index (χ1n) is 6.05. The fraction of sp³-hybridized carbons (Fsp3) is 0.385. The Labute approximate surface area is 121 Å². The van der Waals surface area contributed by atoms with Gasteiger partial charge in [0.25, 0.3) is 0 Å². The second-order valence-corrected chi connectivity index (χ2v) is 5.14. The van der Waals surface area contributed by atoms with Gasteiger partial charge in [0, 0.05) is 28.3 Å². The van der Waals surface area contributed by atoms with Gasteiger partial charge < -0.3 is 14.6 Å². The van der Waals surface area contributed by atoms with E-state index in [-0.39, 0.29) is 12.5 Å². The molecule has 1 aromatic carbocycles. The minimum Gasteiger partial charge on any atom is -0.496 e. The number of aliphatic hydroxyl groups is 1. The SMILES string of the molecule is COc1cc(CO)cc2c1C(CS/C=C/N=[N+]=[N-])CO2. The van der Waals surface area contributed by atoms with Gasteiger partial charge >= 0.3 is 0 Å². The third-order valence-electron chi connectivity index (χ3n) is 2.99. The van der Waals surface area contributed by atoms with Gasteiger partial charge in [0.1, 0.15) is 11.5 Å². The van der Waals surface area contributed by atoms with Crippen LogP contribution in [-0.2, 0) is 6.61 Å². The summed E-state index contributed by atoms with van der Waals surface area (Å²) in [5.74, 6) is 2.54. The van der Waals surface area contributed by atoms with Crippen molar-refractivity contribution in [3.05, 3.63) is 45.3 Å². The molecule has 0 aliphatic carbocycles. The fourth-order valence-electron chi connectivity index (χ4n) is 2.11. The lowest BCUT2D eigenvalue weighted by Gasteiger charge is -2.12. The quantitative estimate of drug-likeness (QED) is 0.495. The predicted octanol–water partition coefficient (Wildman–Crippen LogP) is 3.18. The van der Waals surface area contributed by atoms with Crippen LogP contribution in [0.3, 0.4) is 0 Å². The van der Waals surface area contributed by atoms with E-state index >= 15 is 0 Å². The van der Waals surface area contributed by atoms with Crippen molar-refractivity contribution < 1.29 is 14.6 Å². The van der Waals surface area contributed by atoms with Gasteiger partial charge in [-0.15, -0.1) is 11.8 Å². The summed E-state index contributed by atoms with van der Waals surface area (Å²) < 4.78 is 11.1. The van der Waals surface area contributed by atoms with Gasteiger partial charge in [-0.2, -0.15) is 0 Å². The van der Waals surface area contributed by atoms with Crippen LogP contribution in [0.5, 0.6) is 11.5 Å². The largest absolute Gasteiger partial charge is 0.496 e. The van der Waals surface area contributed by atoms with Crippen molar-refractivity contribution in [1.29, 1.82) is 0 Å². The molecule has 0 aromatic heterocycles. The number of nitrogens with zero attached hydrogens (tertiary/aromatic N) is 3. The summed E-state index contributed by atoms with van der Waals surface area (Å²) in [5.41, 5.74) is 9.98. The molecule has 1 unspecified atom stereocenters. The molecule has 1 heterocycles. The van der Waals surface area contributed by atoms with Gasteiger partial charge in [-0.1, -0.05) is 5.11 Å². The Morgan fingerprint density at radius 3 is 3.20 bits per heavy atom. The molecule has 1 atom stereocenters. The number of thioether (sulfide) groups is 1. The number of ether oxygens (including phenoxy) is 2. The number of methoxy groups -OCH3 is 1. The average molecular weight is 293 g/mol. The van der Waals surface area contributed by atoms with Crippen LogP contribution in [0.1, 0.15) is 17.0 Å². The summed E-state index contributed by atoms with van der Waals surface area (Å²) in [5, 5.41) is 14.3. The second-order valence-electron chi connectivity index (χ2n) is 4.20. The van der Waals surface area contributed by atoms with E-state index in [4.69, 9.17) is 15.0 Å². The second kappa shape index (κ2) is 7.09. The number of benzene rings is 1. The van der Waals surface area contributed by atoms with Gasteiger partial charge in [0.2, 0.25) is 0 Å². The predicted molar refractivity (Wildman–Crippen MR) is 77.9 cm³/mol. The van der Waals surface area contributed by atoms with Crippen molar-refractivity contribution in [1.82, 2.24) is 0 Å². The molecule has 1 aromatic rings. The minimum atomic E-state index is -0.0404. The summed E-state index contributed by atoms with van der Waals surface area (Å²) in [6.07, 6.45) is 1.42. The Morgan fingerprint density at radius 1 is 1.65 bits per heavy atom. The Morgan fingerprint density at radius 2 is 2.50 bits per heavy atom. The van der Waals surface area contributed by atoms with Gasteiger partial charge in [-0.25, -0.2) is 0 Å². The van der Waals surface area contributed by atoms with E-state index in [2.05, 4.69) is 10.0 Å². The van der Waals surface area contributed by atoms with Crippen molar-refractivity contribution >= 4 is 11.8 Å². The fourth-order valence-corrected chi connectivity index (χ4v) is 2.86. The molecule has 6 nitrogen and oxygen atoms in total. The number of fused-ring (bicyclic) bond motifs is 1. The molecule has 0 saturated carbocycles. The molecule has 0 bridgehead atoms. The highest BCUT2D eigenvalue weighted by atomic mass is 32.2. The molecule has 0 fully saturated rings. The van der Waals surface area contributed by atoms with Crippen LogP contribution < -0.4 is 9.47 Å². The van der Waals surface area contributed by atoms with Crippen LogP contribution in [0.15, 0.2) is 28.9 Å². The maximum Gasteiger partial charge on any atom is 0.127 e. The lowest BCUT2D eigenvalue weighted by atomic mass is 10.0. The smallest absolute Gasteiger partial charge is 0.127 e. The first-order chi connectivity index (χ1) is 9.80. The first kappa shape index (κ1) is 14.6. The van der Waals surface area contributed by atoms with Gasteiger partial charge in [-0.3, -0.25) is 0 Å². The Bertz CT molecular complexity index is 556. The van der Waals surface area contributed by atoms with E-state index in [1.807, 2.05) is 12.1 Å². The molecule has 106 valence electrons. The number of rotatable bonds is 6. The van der Waals surface area contributed by atoms with Crippen molar-refractivity contribution in [2.45, 2.75) is 12.5 Å². The zero-order chi connectivity index (χ0) is 14.4. The maximum absolute atomic E-state index is 9.21. The summed E-state index contributed by atoms with van der Waals surface area (Å²) in [4.78, 5) is 2.64. The summed E-state index contributed by atoms with van der Waals surface area (Å²) in [7, 11) is 1.61. The lowest BCUT2D eigenvalue weighted by Crippen LogP contribution is -2.04. The van der Waals surface area contributed by atoms with Crippen LogP contribution in [0.2, 0.25) is 0 Å². The number of azide groups is 1. The topological polar surface area (TPSA) is 87.5 Å². The third-order valence-corrected chi connectivity index (χ3v) is 3.90. The van der Waals surface area contributed by atoms with Crippen molar-refractivity contribution in [3.8, 4) is 11.5 Å². The molecule has 1 N–H and O–H groups in total. The molecule has 0 radical (unpaired) electrons. The zero-order valence-electron chi connectivity index (χ0n) is 11.0. The minimum absolute atomic E-state index is 0.0404. The molecule has 0 amide bonds. The van der Waals surface area contributed by atoms with E-state index < -0.39 is 0 Å². The van der Waals surface area contributed by atoms with Crippen molar-refractivity contribution in [3.63, 3.8) is 0 Å². The van der Waals surface area contributed by atoms with Crippen LogP contribution in [0.4, 0.5) is 0 Å². The number of hydrogen-bond donors (Lipinski definition) is 1. The third kappa shape index (κ3) is 3.19. The Balaban J connectivity index is 2.13. The van der Waals surface area contributed by atoms with Crippen molar-refractivity contribution in [2.24, 2.45) is 5.11 Å². The molecule has 1 aliphatic heterocycles. The molecule has 7 heteroatoms. The number of hydrogen-bond acceptors (Lipinski definition) is 5. The molecule has 2 rings (SSSR count). The summed E-state index contributed by atoms with van der Waals surface area (Å²) in [6, 6.07) is 3.68. The summed E-state index contributed by atoms with van der Waals surface area (Å²) in [6.45, 7) is 0.546. The molecule has 1 aliphatic rings. The molecular formula is C13H15N3O3S. The lowest BCUT2D eigenvalue weighted by molar-refractivity contribution is 0.279. The van der Waals surface area contributed by atoms with Gasteiger partial charge in [0.05, 0.1) is 20.3 Å². The average Bonchev–Trinajstić information content (AvgIpc) is 2.89. The standard InChI is InChI=1S/C13H15N3O3S/c1-18-11-4-9(6-17)5-12-13(11)10(7-19-12)8-20-3-2-15-16-14/h2-5,10,17H,6-8H2,1H3/b3-2+. The van der Waals surface area contributed by atoms with Crippen LogP contribution in [0.25, 0.3) is 10.4 Å². The van der Waals surface area contributed by atoms with Crippen LogP contribution in [0, 0.1) is 0 Å². The highest BCUT2D eigenvalue weighted by molar-refractivity contribution is 8.02. The Hall–Kier alpha value is -1.82. The van der Waals surface area contributed by atoms with Gasteiger partial charge in [0.15, 0.2) is 0 Å². The van der Waals surface area contributed by atoms with Crippen LogP contribution >= 0.6 is 11.8 Å². The van der Waals surface area contributed by atoms with E-state index in [1.165, 1.54) is 6.20 Å². The maximum atomic E-state index is 9.21. The highest BCUT2D eigenvalue weighted by Crippen LogP contribution is 2.43.